The van der Waals surface area contributed by atoms with Gasteiger partial charge in [-0.05, 0) is 40.2 Å². The van der Waals surface area contributed by atoms with E-state index in [0.29, 0.717) is 20.6 Å². The van der Waals surface area contributed by atoms with Crippen LogP contribution in [0, 0.1) is 0 Å². The first-order valence-electron chi connectivity index (χ1n) is 5.49. The standard InChI is InChI=1S/C13H9BrClN3O2/c14-11-5-10(15)4-9(12(11)19)7-17-18-13(20)8-2-1-3-16-6-8/h1-7,19H,(H,18,20)/b17-7-. The number of phenols is 1. The molecule has 0 spiro atoms. The first-order valence-corrected chi connectivity index (χ1v) is 6.66. The third kappa shape index (κ3) is 3.55. The molecular formula is C13H9BrClN3O2. The number of pyridine rings is 1. The number of rotatable bonds is 3. The van der Waals surface area contributed by atoms with Crippen LogP contribution in [-0.2, 0) is 0 Å². The highest BCUT2D eigenvalue weighted by molar-refractivity contribution is 9.10. The minimum Gasteiger partial charge on any atom is -0.506 e. The van der Waals surface area contributed by atoms with Crippen molar-refractivity contribution < 1.29 is 9.90 Å². The van der Waals surface area contributed by atoms with Crippen molar-refractivity contribution in [3.05, 3.63) is 57.3 Å². The van der Waals surface area contributed by atoms with E-state index < -0.39 is 5.91 Å². The third-order valence-corrected chi connectivity index (χ3v) is 3.17. The maximum absolute atomic E-state index is 11.7. The Hall–Kier alpha value is -1.92. The second-order valence-corrected chi connectivity index (χ2v) is 5.06. The highest BCUT2D eigenvalue weighted by Crippen LogP contribution is 2.30. The fourth-order valence-electron chi connectivity index (χ4n) is 1.41. The molecule has 0 aliphatic rings. The molecule has 0 aliphatic carbocycles. The van der Waals surface area contributed by atoms with Crippen LogP contribution in [0.1, 0.15) is 15.9 Å². The van der Waals surface area contributed by atoms with Gasteiger partial charge in [0.25, 0.3) is 5.91 Å². The molecule has 0 unspecified atom stereocenters. The number of amides is 1. The number of aromatic nitrogens is 1. The molecule has 1 amide bonds. The maximum atomic E-state index is 11.7. The van der Waals surface area contributed by atoms with Gasteiger partial charge in [-0.2, -0.15) is 5.10 Å². The van der Waals surface area contributed by atoms with Crippen LogP contribution in [0.25, 0.3) is 0 Å². The van der Waals surface area contributed by atoms with Gasteiger partial charge in [0.1, 0.15) is 5.75 Å². The number of carbonyl (C=O) groups excluding carboxylic acids is 1. The smallest absolute Gasteiger partial charge is 0.272 e. The molecule has 0 aliphatic heterocycles. The van der Waals surface area contributed by atoms with Crippen LogP contribution in [-0.4, -0.2) is 22.2 Å². The van der Waals surface area contributed by atoms with Crippen molar-refractivity contribution in [2.75, 3.05) is 0 Å². The van der Waals surface area contributed by atoms with Crippen molar-refractivity contribution in [3.63, 3.8) is 0 Å². The molecule has 2 rings (SSSR count). The van der Waals surface area contributed by atoms with Gasteiger partial charge in [0, 0.05) is 23.0 Å². The number of hydrazone groups is 1. The Bertz CT molecular complexity index is 662. The lowest BCUT2D eigenvalue weighted by atomic mass is 10.2. The van der Waals surface area contributed by atoms with E-state index >= 15 is 0 Å². The molecule has 2 aromatic rings. The average Bonchev–Trinajstić information content (AvgIpc) is 2.44. The molecule has 2 N–H and O–H groups in total. The van der Waals surface area contributed by atoms with E-state index in [1.54, 1.807) is 24.4 Å². The highest BCUT2D eigenvalue weighted by atomic mass is 79.9. The van der Waals surface area contributed by atoms with Crippen molar-refractivity contribution in [2.24, 2.45) is 5.10 Å². The van der Waals surface area contributed by atoms with Crippen LogP contribution >= 0.6 is 27.5 Å². The van der Waals surface area contributed by atoms with E-state index in [1.165, 1.54) is 18.5 Å². The van der Waals surface area contributed by atoms with Crippen molar-refractivity contribution in [3.8, 4) is 5.75 Å². The van der Waals surface area contributed by atoms with E-state index in [9.17, 15) is 9.90 Å². The fraction of sp³-hybridized carbons (Fsp3) is 0. The summed E-state index contributed by atoms with van der Waals surface area (Å²) >= 11 is 9.02. The number of phenolic OH excluding ortho intramolecular Hbond substituents is 1. The van der Waals surface area contributed by atoms with Crippen molar-refractivity contribution >= 4 is 39.7 Å². The first kappa shape index (κ1) is 14.5. The zero-order chi connectivity index (χ0) is 14.5. The van der Waals surface area contributed by atoms with Gasteiger partial charge in [-0.1, -0.05) is 11.6 Å². The number of hydrogen-bond donors (Lipinski definition) is 2. The molecule has 1 heterocycles. The van der Waals surface area contributed by atoms with Gasteiger partial charge in [-0.25, -0.2) is 5.43 Å². The molecule has 7 heteroatoms. The molecule has 20 heavy (non-hydrogen) atoms. The number of carbonyl (C=O) groups is 1. The largest absolute Gasteiger partial charge is 0.506 e. The molecule has 102 valence electrons. The Morgan fingerprint density at radius 3 is 3.00 bits per heavy atom. The van der Waals surface area contributed by atoms with Crippen molar-refractivity contribution in [1.29, 1.82) is 0 Å². The summed E-state index contributed by atoms with van der Waals surface area (Å²) in [6.07, 6.45) is 4.31. The Kier molecular flexibility index (Phi) is 4.70. The molecule has 0 atom stereocenters. The summed E-state index contributed by atoms with van der Waals surface area (Å²) in [5.41, 5.74) is 3.11. The second-order valence-electron chi connectivity index (χ2n) is 3.77. The Balaban J connectivity index is 2.10. The van der Waals surface area contributed by atoms with Crippen LogP contribution in [0.15, 0.2) is 46.2 Å². The molecule has 0 bridgehead atoms. The summed E-state index contributed by atoms with van der Waals surface area (Å²) in [5, 5.41) is 14.0. The fourth-order valence-corrected chi connectivity index (χ4v) is 2.24. The van der Waals surface area contributed by atoms with E-state index in [4.69, 9.17) is 11.6 Å². The lowest BCUT2D eigenvalue weighted by Crippen LogP contribution is -2.17. The topological polar surface area (TPSA) is 74.6 Å². The lowest BCUT2D eigenvalue weighted by Gasteiger charge is -2.03. The zero-order valence-corrected chi connectivity index (χ0v) is 12.4. The van der Waals surface area contributed by atoms with Gasteiger partial charge in [-0.15, -0.1) is 0 Å². The number of nitrogens with one attached hydrogen (secondary N) is 1. The van der Waals surface area contributed by atoms with Gasteiger partial charge >= 0.3 is 0 Å². The van der Waals surface area contributed by atoms with Gasteiger partial charge < -0.3 is 5.11 Å². The number of hydrogen-bond acceptors (Lipinski definition) is 4. The van der Waals surface area contributed by atoms with E-state index in [0.717, 1.165) is 0 Å². The van der Waals surface area contributed by atoms with Crippen molar-refractivity contribution in [1.82, 2.24) is 10.4 Å². The number of halogens is 2. The summed E-state index contributed by atoms with van der Waals surface area (Å²) in [6.45, 7) is 0. The Morgan fingerprint density at radius 1 is 1.50 bits per heavy atom. The first-order chi connectivity index (χ1) is 9.58. The predicted octanol–water partition coefficient (Wildman–Crippen LogP) is 2.97. The zero-order valence-electron chi connectivity index (χ0n) is 10.0. The SMILES string of the molecule is O=C(N/N=C\c1cc(Cl)cc(Br)c1O)c1cccnc1. The highest BCUT2D eigenvalue weighted by Gasteiger charge is 2.06. The molecule has 0 saturated heterocycles. The van der Waals surface area contributed by atoms with Gasteiger partial charge in [0.15, 0.2) is 0 Å². The third-order valence-electron chi connectivity index (χ3n) is 2.35. The van der Waals surface area contributed by atoms with Gasteiger partial charge in [0.2, 0.25) is 0 Å². The van der Waals surface area contributed by atoms with Crippen LogP contribution in [0.2, 0.25) is 5.02 Å². The summed E-state index contributed by atoms with van der Waals surface area (Å²) in [6, 6.07) is 6.35. The second kappa shape index (κ2) is 6.49. The van der Waals surface area contributed by atoms with Crippen LogP contribution < -0.4 is 5.43 Å². The Morgan fingerprint density at radius 2 is 2.30 bits per heavy atom. The maximum Gasteiger partial charge on any atom is 0.272 e. The average molecular weight is 355 g/mol. The predicted molar refractivity (Wildman–Crippen MR) is 80.1 cm³/mol. The summed E-state index contributed by atoms with van der Waals surface area (Å²) in [5.74, 6) is -0.399. The van der Waals surface area contributed by atoms with Crippen LogP contribution in [0.3, 0.4) is 0 Å². The normalized spacial score (nSPS) is 10.7. The Labute approximate surface area is 128 Å². The van der Waals surface area contributed by atoms with Gasteiger partial charge in [0.05, 0.1) is 16.3 Å². The minimum atomic E-state index is -0.394. The van der Waals surface area contributed by atoms with Crippen LogP contribution in [0.4, 0.5) is 0 Å². The lowest BCUT2D eigenvalue weighted by molar-refractivity contribution is 0.0954. The molecule has 5 nitrogen and oxygen atoms in total. The van der Waals surface area contributed by atoms with E-state index in [1.807, 2.05) is 0 Å². The number of nitrogens with zero attached hydrogens (tertiary/aromatic N) is 2. The van der Waals surface area contributed by atoms with E-state index in [-0.39, 0.29) is 5.75 Å². The molecule has 0 fully saturated rings. The summed E-state index contributed by atoms with van der Waals surface area (Å²) in [4.78, 5) is 15.5. The van der Waals surface area contributed by atoms with E-state index in [2.05, 4.69) is 31.4 Å². The summed E-state index contributed by atoms with van der Waals surface area (Å²) < 4.78 is 0.449. The van der Waals surface area contributed by atoms with Gasteiger partial charge in [-0.3, -0.25) is 9.78 Å². The molecule has 0 saturated carbocycles. The molecule has 1 aromatic heterocycles. The molecule has 1 aromatic carbocycles. The number of benzene rings is 1. The quantitative estimate of drug-likeness (QED) is 0.657. The molecule has 0 radical (unpaired) electrons. The van der Waals surface area contributed by atoms with Crippen molar-refractivity contribution in [2.45, 2.75) is 0 Å². The number of aromatic hydroxyl groups is 1. The molecular weight excluding hydrogens is 346 g/mol. The monoisotopic (exact) mass is 353 g/mol. The van der Waals surface area contributed by atoms with Crippen LogP contribution in [0.5, 0.6) is 5.75 Å². The summed E-state index contributed by atoms with van der Waals surface area (Å²) in [7, 11) is 0. The minimum absolute atomic E-state index is 0.00576.